The Labute approximate surface area is 176 Å². The molecular formula is C24H34O4S. The summed E-state index contributed by atoms with van der Waals surface area (Å²) in [5, 5.41) is 0. The quantitative estimate of drug-likeness (QED) is 0.421. The fraction of sp³-hybridized carbons (Fsp3) is 0.500. The summed E-state index contributed by atoms with van der Waals surface area (Å²) in [4.78, 5) is 0.215. The van der Waals surface area contributed by atoms with E-state index in [0.717, 1.165) is 25.0 Å². The molecule has 0 radical (unpaired) electrons. The third-order valence-electron chi connectivity index (χ3n) is 4.94. The van der Waals surface area contributed by atoms with Gasteiger partial charge in [0, 0.05) is 6.61 Å². The second-order valence-electron chi connectivity index (χ2n) is 8.34. The van der Waals surface area contributed by atoms with Gasteiger partial charge in [-0.1, -0.05) is 68.8 Å². The second kappa shape index (κ2) is 11.5. The fourth-order valence-electron chi connectivity index (χ4n) is 3.54. The molecule has 4 nitrogen and oxygen atoms in total. The molecule has 0 saturated heterocycles. The van der Waals surface area contributed by atoms with Gasteiger partial charge in [-0.15, -0.1) is 0 Å². The molecule has 0 spiro atoms. The Kier molecular flexibility index (Phi) is 9.34. The van der Waals surface area contributed by atoms with E-state index in [1.54, 1.807) is 24.3 Å². The van der Waals surface area contributed by atoms with Crippen molar-refractivity contribution in [3.05, 3.63) is 65.7 Å². The fourth-order valence-corrected chi connectivity index (χ4v) is 4.55. The number of hydrogen-bond acceptors (Lipinski definition) is 4. The zero-order chi connectivity index (χ0) is 21.3. The smallest absolute Gasteiger partial charge is 0.296 e. The first-order valence-corrected chi connectivity index (χ1v) is 11.7. The average Bonchev–Trinajstić information content (AvgIpc) is 2.67. The van der Waals surface area contributed by atoms with Crippen molar-refractivity contribution in [3.63, 3.8) is 0 Å². The SMILES string of the molecule is Cc1ccc(S(=O)(=O)OC[C@H](C)C[C@H](C)C[C@H](C)COCc2ccccc2)cc1. The molecule has 0 N–H and O–H groups in total. The Morgan fingerprint density at radius 3 is 2.00 bits per heavy atom. The zero-order valence-electron chi connectivity index (χ0n) is 18.0. The molecular weight excluding hydrogens is 384 g/mol. The standard InChI is InChI=1S/C24H34O4S/c1-19-10-12-24(13-11-19)29(25,26)28-17-22(4)15-20(2)14-21(3)16-27-18-23-8-6-5-7-9-23/h5-13,20-22H,14-18H2,1-4H3/t20-,21+,22-/m1/s1. The highest BCUT2D eigenvalue weighted by atomic mass is 32.2. The Bertz CT molecular complexity index is 816. The van der Waals surface area contributed by atoms with Crippen LogP contribution in [-0.2, 0) is 25.6 Å². The lowest BCUT2D eigenvalue weighted by Gasteiger charge is -2.20. The van der Waals surface area contributed by atoms with Gasteiger partial charge in [-0.3, -0.25) is 4.18 Å². The molecule has 29 heavy (non-hydrogen) atoms. The van der Waals surface area contributed by atoms with Crippen molar-refractivity contribution in [1.29, 1.82) is 0 Å². The summed E-state index contributed by atoms with van der Waals surface area (Å²) < 4.78 is 35.7. The van der Waals surface area contributed by atoms with Gasteiger partial charge in [0.1, 0.15) is 0 Å². The predicted octanol–water partition coefficient (Wildman–Crippen LogP) is 5.61. The molecule has 2 rings (SSSR count). The molecule has 5 heteroatoms. The molecule has 160 valence electrons. The molecule has 0 aliphatic heterocycles. The maximum absolute atomic E-state index is 12.3. The molecule has 3 atom stereocenters. The lowest BCUT2D eigenvalue weighted by molar-refractivity contribution is 0.0828. The van der Waals surface area contributed by atoms with E-state index < -0.39 is 10.1 Å². The molecule has 0 aromatic heterocycles. The van der Waals surface area contributed by atoms with Crippen molar-refractivity contribution in [3.8, 4) is 0 Å². The minimum Gasteiger partial charge on any atom is -0.376 e. The summed E-state index contributed by atoms with van der Waals surface area (Å²) in [6, 6.07) is 16.9. The van der Waals surface area contributed by atoms with Gasteiger partial charge in [-0.25, -0.2) is 0 Å². The van der Waals surface area contributed by atoms with E-state index in [9.17, 15) is 8.42 Å². The van der Waals surface area contributed by atoms with Crippen molar-refractivity contribution in [1.82, 2.24) is 0 Å². The summed E-state index contributed by atoms with van der Waals surface area (Å²) in [5.74, 6) is 1.10. The first kappa shape index (κ1) is 23.6. The molecule has 0 aliphatic carbocycles. The third kappa shape index (κ3) is 8.69. The Hall–Kier alpha value is -1.69. The Morgan fingerprint density at radius 1 is 0.793 bits per heavy atom. The van der Waals surface area contributed by atoms with Crippen LogP contribution in [0.25, 0.3) is 0 Å². The summed E-state index contributed by atoms with van der Waals surface area (Å²) in [5.41, 5.74) is 2.21. The van der Waals surface area contributed by atoms with E-state index >= 15 is 0 Å². The summed E-state index contributed by atoms with van der Waals surface area (Å²) in [6.45, 7) is 9.95. The van der Waals surface area contributed by atoms with Crippen LogP contribution >= 0.6 is 0 Å². The van der Waals surface area contributed by atoms with Crippen LogP contribution in [0.1, 0.15) is 44.7 Å². The van der Waals surface area contributed by atoms with Gasteiger partial charge in [0.15, 0.2) is 0 Å². The van der Waals surface area contributed by atoms with Crippen molar-refractivity contribution in [2.45, 2.75) is 52.0 Å². The van der Waals surface area contributed by atoms with Crippen molar-refractivity contribution in [2.75, 3.05) is 13.2 Å². The zero-order valence-corrected chi connectivity index (χ0v) is 18.8. The van der Waals surface area contributed by atoms with Crippen LogP contribution in [0.5, 0.6) is 0 Å². The van der Waals surface area contributed by atoms with E-state index in [2.05, 4.69) is 26.0 Å². The van der Waals surface area contributed by atoms with E-state index in [0.29, 0.717) is 18.4 Å². The molecule has 2 aromatic rings. The molecule has 0 saturated carbocycles. The van der Waals surface area contributed by atoms with E-state index in [-0.39, 0.29) is 17.4 Å². The van der Waals surface area contributed by atoms with Crippen LogP contribution in [0.3, 0.4) is 0 Å². The van der Waals surface area contributed by atoms with Crippen molar-refractivity contribution in [2.24, 2.45) is 17.8 Å². The minimum atomic E-state index is -3.69. The van der Waals surface area contributed by atoms with Gasteiger partial charge in [0.05, 0.1) is 18.1 Å². The van der Waals surface area contributed by atoms with E-state index in [1.807, 2.05) is 32.0 Å². The first-order valence-electron chi connectivity index (χ1n) is 10.3. The predicted molar refractivity (Wildman–Crippen MR) is 117 cm³/mol. The third-order valence-corrected chi connectivity index (χ3v) is 6.24. The molecule has 2 aromatic carbocycles. The second-order valence-corrected chi connectivity index (χ2v) is 9.95. The normalized spacial score (nSPS) is 15.0. The molecule has 0 bridgehead atoms. The Balaban J connectivity index is 1.68. The van der Waals surface area contributed by atoms with Crippen molar-refractivity contribution >= 4 is 10.1 Å². The van der Waals surface area contributed by atoms with Crippen LogP contribution in [0, 0.1) is 24.7 Å². The van der Waals surface area contributed by atoms with Gasteiger partial charge in [-0.05, 0) is 55.2 Å². The average molecular weight is 419 g/mol. The summed E-state index contributed by atoms with van der Waals surface area (Å²) in [6.07, 6.45) is 1.97. The molecule has 0 amide bonds. The maximum atomic E-state index is 12.3. The van der Waals surface area contributed by atoms with E-state index in [4.69, 9.17) is 8.92 Å². The number of ether oxygens (including phenoxy) is 1. The molecule has 0 unspecified atom stereocenters. The highest BCUT2D eigenvalue weighted by Gasteiger charge is 2.18. The number of aryl methyl sites for hydroxylation is 1. The molecule has 0 heterocycles. The maximum Gasteiger partial charge on any atom is 0.296 e. The number of benzene rings is 2. The van der Waals surface area contributed by atoms with Crippen LogP contribution in [0.15, 0.2) is 59.5 Å². The number of rotatable bonds is 12. The molecule has 0 fully saturated rings. The van der Waals surface area contributed by atoms with Crippen LogP contribution in [-0.4, -0.2) is 21.6 Å². The van der Waals surface area contributed by atoms with Crippen LogP contribution in [0.4, 0.5) is 0 Å². The topological polar surface area (TPSA) is 52.6 Å². The highest BCUT2D eigenvalue weighted by Crippen LogP contribution is 2.22. The lowest BCUT2D eigenvalue weighted by Crippen LogP contribution is -2.17. The van der Waals surface area contributed by atoms with Gasteiger partial charge < -0.3 is 4.74 Å². The van der Waals surface area contributed by atoms with Gasteiger partial charge >= 0.3 is 0 Å². The van der Waals surface area contributed by atoms with Crippen molar-refractivity contribution < 1.29 is 17.3 Å². The largest absolute Gasteiger partial charge is 0.376 e. The monoisotopic (exact) mass is 418 g/mol. The van der Waals surface area contributed by atoms with Crippen LogP contribution < -0.4 is 0 Å². The first-order chi connectivity index (χ1) is 13.8. The summed E-state index contributed by atoms with van der Waals surface area (Å²) in [7, 11) is -3.69. The van der Waals surface area contributed by atoms with Gasteiger partial charge in [0.2, 0.25) is 0 Å². The highest BCUT2D eigenvalue weighted by molar-refractivity contribution is 7.86. The number of hydrogen-bond donors (Lipinski definition) is 0. The lowest BCUT2D eigenvalue weighted by atomic mass is 9.90. The minimum absolute atomic E-state index is 0.169. The summed E-state index contributed by atoms with van der Waals surface area (Å²) >= 11 is 0. The molecule has 0 aliphatic rings. The Morgan fingerprint density at radius 2 is 1.38 bits per heavy atom. The van der Waals surface area contributed by atoms with Gasteiger partial charge in [0.25, 0.3) is 10.1 Å². The van der Waals surface area contributed by atoms with Crippen LogP contribution in [0.2, 0.25) is 0 Å². The van der Waals surface area contributed by atoms with Gasteiger partial charge in [-0.2, -0.15) is 8.42 Å². The van der Waals surface area contributed by atoms with E-state index in [1.165, 1.54) is 5.56 Å².